The van der Waals surface area contributed by atoms with Crippen LogP contribution in [0.15, 0.2) is 30.3 Å². The highest BCUT2D eigenvalue weighted by atomic mass is 15.1. The van der Waals surface area contributed by atoms with Crippen molar-refractivity contribution in [2.45, 2.75) is 57.5 Å². The van der Waals surface area contributed by atoms with Crippen LogP contribution in [0.4, 0.5) is 0 Å². The van der Waals surface area contributed by atoms with Gasteiger partial charge in [-0.2, -0.15) is 0 Å². The maximum atomic E-state index is 3.93. The zero-order valence-electron chi connectivity index (χ0n) is 13.1. The monoisotopic (exact) mass is 274 g/mol. The van der Waals surface area contributed by atoms with E-state index in [9.17, 15) is 0 Å². The first-order valence-corrected chi connectivity index (χ1v) is 8.29. The molecule has 1 N–H and O–H groups in total. The van der Waals surface area contributed by atoms with Gasteiger partial charge in [0.2, 0.25) is 0 Å². The van der Waals surface area contributed by atoms with E-state index in [4.69, 9.17) is 0 Å². The highest BCUT2D eigenvalue weighted by Crippen LogP contribution is 2.22. The molecule has 1 saturated heterocycles. The van der Waals surface area contributed by atoms with Gasteiger partial charge in [-0.1, -0.05) is 56.5 Å². The Balaban J connectivity index is 1.92. The van der Waals surface area contributed by atoms with Crippen molar-refractivity contribution in [2.75, 3.05) is 20.1 Å². The van der Waals surface area contributed by atoms with E-state index in [1.807, 2.05) is 0 Å². The van der Waals surface area contributed by atoms with Gasteiger partial charge in [0, 0.05) is 12.1 Å². The van der Waals surface area contributed by atoms with E-state index in [1.54, 1.807) is 0 Å². The molecule has 2 nitrogen and oxygen atoms in total. The minimum absolute atomic E-state index is 0.538. The van der Waals surface area contributed by atoms with Crippen LogP contribution in [0.25, 0.3) is 0 Å². The molecule has 1 fully saturated rings. The molecule has 1 aliphatic heterocycles. The first-order valence-electron chi connectivity index (χ1n) is 8.29. The van der Waals surface area contributed by atoms with Crippen LogP contribution in [-0.4, -0.2) is 31.1 Å². The van der Waals surface area contributed by atoms with Crippen LogP contribution in [0.2, 0.25) is 0 Å². The highest BCUT2D eigenvalue weighted by molar-refractivity contribution is 5.19. The summed E-state index contributed by atoms with van der Waals surface area (Å²) >= 11 is 0. The Morgan fingerprint density at radius 3 is 2.50 bits per heavy atom. The van der Waals surface area contributed by atoms with Gasteiger partial charge in [0.15, 0.2) is 0 Å². The van der Waals surface area contributed by atoms with Crippen LogP contribution in [0.3, 0.4) is 0 Å². The van der Waals surface area contributed by atoms with Crippen molar-refractivity contribution >= 4 is 0 Å². The first kappa shape index (κ1) is 15.5. The molecule has 2 rings (SSSR count). The summed E-state index contributed by atoms with van der Waals surface area (Å²) in [4.78, 5) is 2.44. The molecule has 1 aliphatic rings. The topological polar surface area (TPSA) is 15.3 Å². The molecule has 112 valence electrons. The predicted octanol–water partition coefficient (Wildman–Crippen LogP) is 3.99. The lowest BCUT2D eigenvalue weighted by atomic mass is 9.97. The van der Waals surface area contributed by atoms with E-state index in [1.165, 1.54) is 57.2 Å². The van der Waals surface area contributed by atoms with Crippen molar-refractivity contribution < 1.29 is 0 Å². The second-order valence-corrected chi connectivity index (χ2v) is 6.20. The number of nitrogens with one attached hydrogen (secondary N) is 1. The summed E-state index contributed by atoms with van der Waals surface area (Å²) in [5.41, 5.74) is 1.46. The summed E-state index contributed by atoms with van der Waals surface area (Å²) in [5.74, 6) is 0. The molecule has 1 heterocycles. The van der Waals surface area contributed by atoms with Crippen LogP contribution in [0.1, 0.15) is 57.1 Å². The van der Waals surface area contributed by atoms with Crippen LogP contribution in [-0.2, 0) is 0 Å². The Morgan fingerprint density at radius 1 is 1.15 bits per heavy atom. The second-order valence-electron chi connectivity index (χ2n) is 6.20. The number of hydrogen-bond donors (Lipinski definition) is 1. The second kappa shape index (κ2) is 8.43. The average Bonchev–Trinajstić information content (AvgIpc) is 2.49. The zero-order valence-corrected chi connectivity index (χ0v) is 13.1. The third-order valence-electron chi connectivity index (χ3n) is 4.45. The first-order chi connectivity index (χ1) is 9.79. The minimum atomic E-state index is 0.538. The van der Waals surface area contributed by atoms with Gasteiger partial charge >= 0.3 is 0 Å². The third-order valence-corrected chi connectivity index (χ3v) is 4.45. The van der Waals surface area contributed by atoms with Gasteiger partial charge in [0.05, 0.1) is 0 Å². The Hall–Kier alpha value is -0.860. The van der Waals surface area contributed by atoms with Gasteiger partial charge in [0.25, 0.3) is 0 Å². The van der Waals surface area contributed by atoms with Gasteiger partial charge in [-0.3, -0.25) is 0 Å². The van der Waals surface area contributed by atoms with E-state index < -0.39 is 0 Å². The number of benzene rings is 1. The van der Waals surface area contributed by atoms with Crippen LogP contribution < -0.4 is 5.32 Å². The minimum Gasteiger partial charge on any atom is -0.307 e. The van der Waals surface area contributed by atoms with Crippen LogP contribution in [0, 0.1) is 0 Å². The lowest BCUT2D eigenvalue weighted by Gasteiger charge is -2.33. The predicted molar refractivity (Wildman–Crippen MR) is 87.0 cm³/mol. The lowest BCUT2D eigenvalue weighted by Crippen LogP contribution is -2.42. The van der Waals surface area contributed by atoms with E-state index in [-0.39, 0.29) is 0 Å². The van der Waals surface area contributed by atoms with Crippen molar-refractivity contribution in [3.05, 3.63) is 35.9 Å². The summed E-state index contributed by atoms with van der Waals surface area (Å²) in [6.07, 6.45) is 7.81. The molecule has 1 aromatic carbocycles. The molecule has 2 heteroatoms. The van der Waals surface area contributed by atoms with Crippen molar-refractivity contribution in [1.82, 2.24) is 10.2 Å². The number of unbranched alkanes of at least 4 members (excludes halogenated alkanes) is 2. The SMILES string of the molecule is CCCCCC(NC1CCN(C)CC1)c1ccccc1. The Kier molecular flexibility index (Phi) is 6.55. The maximum Gasteiger partial charge on any atom is 0.0322 e. The molecule has 0 saturated carbocycles. The average molecular weight is 274 g/mol. The highest BCUT2D eigenvalue weighted by Gasteiger charge is 2.20. The smallest absolute Gasteiger partial charge is 0.0322 e. The molecule has 0 amide bonds. The fraction of sp³-hybridized carbons (Fsp3) is 0.667. The van der Waals surface area contributed by atoms with Gasteiger partial charge in [0.1, 0.15) is 0 Å². The number of piperidine rings is 1. The standard InChI is InChI=1S/C18H30N2/c1-3-4-6-11-18(16-9-7-5-8-10-16)19-17-12-14-20(2)15-13-17/h5,7-10,17-19H,3-4,6,11-15H2,1-2H3. The van der Waals surface area contributed by atoms with Gasteiger partial charge in [-0.15, -0.1) is 0 Å². The van der Waals surface area contributed by atoms with Gasteiger partial charge < -0.3 is 10.2 Å². The summed E-state index contributed by atoms with van der Waals surface area (Å²) in [7, 11) is 2.23. The van der Waals surface area contributed by atoms with E-state index in [0.29, 0.717) is 12.1 Å². The number of likely N-dealkylation sites (tertiary alicyclic amines) is 1. The van der Waals surface area contributed by atoms with Crippen molar-refractivity contribution in [3.8, 4) is 0 Å². The Labute approximate surface area is 124 Å². The summed E-state index contributed by atoms with van der Waals surface area (Å²) in [5, 5.41) is 3.93. The lowest BCUT2D eigenvalue weighted by molar-refractivity contribution is 0.221. The molecule has 0 spiro atoms. The largest absolute Gasteiger partial charge is 0.307 e. The Morgan fingerprint density at radius 2 is 1.85 bits per heavy atom. The summed E-state index contributed by atoms with van der Waals surface area (Å²) in [6, 6.07) is 12.2. The number of rotatable bonds is 7. The molecule has 1 atom stereocenters. The number of hydrogen-bond acceptors (Lipinski definition) is 2. The quantitative estimate of drug-likeness (QED) is 0.756. The van der Waals surface area contributed by atoms with Gasteiger partial charge in [-0.05, 0) is 45.0 Å². The fourth-order valence-electron chi connectivity index (χ4n) is 3.09. The van der Waals surface area contributed by atoms with Crippen molar-refractivity contribution in [2.24, 2.45) is 0 Å². The third kappa shape index (κ3) is 4.92. The molecule has 0 bridgehead atoms. The molecule has 0 aliphatic carbocycles. The molecule has 1 aromatic rings. The van der Waals surface area contributed by atoms with Crippen molar-refractivity contribution in [1.29, 1.82) is 0 Å². The fourth-order valence-corrected chi connectivity index (χ4v) is 3.09. The van der Waals surface area contributed by atoms with Crippen LogP contribution >= 0.6 is 0 Å². The van der Waals surface area contributed by atoms with Crippen molar-refractivity contribution in [3.63, 3.8) is 0 Å². The molecular weight excluding hydrogens is 244 g/mol. The molecule has 1 unspecified atom stereocenters. The van der Waals surface area contributed by atoms with Gasteiger partial charge in [-0.25, -0.2) is 0 Å². The molecule has 0 radical (unpaired) electrons. The summed E-state index contributed by atoms with van der Waals surface area (Å²) in [6.45, 7) is 4.74. The maximum absolute atomic E-state index is 3.93. The van der Waals surface area contributed by atoms with Crippen LogP contribution in [0.5, 0.6) is 0 Å². The molecular formula is C18H30N2. The van der Waals surface area contributed by atoms with E-state index in [2.05, 4.69) is 54.5 Å². The molecule has 0 aromatic heterocycles. The Bertz CT molecular complexity index is 355. The van der Waals surface area contributed by atoms with E-state index in [0.717, 1.165) is 0 Å². The zero-order chi connectivity index (χ0) is 14.2. The molecule has 20 heavy (non-hydrogen) atoms. The summed E-state index contributed by atoms with van der Waals surface area (Å²) < 4.78 is 0. The van der Waals surface area contributed by atoms with E-state index >= 15 is 0 Å². The normalized spacial score (nSPS) is 19.1. The number of nitrogens with zero attached hydrogens (tertiary/aromatic N) is 1.